The number of hydrogen-bond donors (Lipinski definition) is 3. The van der Waals surface area contributed by atoms with Gasteiger partial charge < -0.3 is 33.8 Å². The lowest BCUT2D eigenvalue weighted by Gasteiger charge is -2.21. The van der Waals surface area contributed by atoms with E-state index in [0.29, 0.717) is 31.6 Å². The second-order valence-electron chi connectivity index (χ2n) is 30.1. The minimum absolute atomic E-state index is 0.106. The number of esters is 4. The Morgan fingerprint density at radius 1 is 0.286 bits per heavy atom. The Hall–Kier alpha value is -1.94. The summed E-state index contributed by atoms with van der Waals surface area (Å²) in [4.78, 5) is 72.9. The number of rotatable bonds is 76. The molecule has 98 heavy (non-hydrogen) atoms. The van der Waals surface area contributed by atoms with Crippen LogP contribution in [0.5, 0.6) is 0 Å². The number of phosphoric acid groups is 2. The van der Waals surface area contributed by atoms with Crippen LogP contribution in [0, 0.1) is 23.7 Å². The van der Waals surface area contributed by atoms with Gasteiger partial charge in [0.1, 0.15) is 19.3 Å². The lowest BCUT2D eigenvalue weighted by Crippen LogP contribution is -2.30. The molecule has 0 saturated carbocycles. The zero-order valence-corrected chi connectivity index (χ0v) is 66.2. The van der Waals surface area contributed by atoms with E-state index in [9.17, 15) is 43.2 Å². The van der Waals surface area contributed by atoms with Crippen molar-refractivity contribution in [3.8, 4) is 0 Å². The summed E-state index contributed by atoms with van der Waals surface area (Å²) >= 11 is 0. The average molecular weight is 1440 g/mol. The highest BCUT2D eigenvalue weighted by Gasteiger charge is 2.30. The van der Waals surface area contributed by atoms with Crippen molar-refractivity contribution in [2.75, 3.05) is 39.6 Å². The van der Waals surface area contributed by atoms with Crippen LogP contribution in [-0.2, 0) is 65.4 Å². The van der Waals surface area contributed by atoms with Crippen molar-refractivity contribution >= 4 is 39.5 Å². The maximum Gasteiger partial charge on any atom is 0.472 e. The molecule has 0 saturated heterocycles. The van der Waals surface area contributed by atoms with E-state index in [0.717, 1.165) is 114 Å². The predicted octanol–water partition coefficient (Wildman–Crippen LogP) is 23.2. The highest BCUT2D eigenvalue weighted by molar-refractivity contribution is 7.47. The molecule has 0 amide bonds. The molecule has 0 aromatic carbocycles. The molecule has 0 aliphatic carbocycles. The minimum atomic E-state index is -4.96. The molecule has 0 heterocycles. The summed E-state index contributed by atoms with van der Waals surface area (Å²) in [7, 11) is -9.92. The van der Waals surface area contributed by atoms with Gasteiger partial charge in [-0.1, -0.05) is 351 Å². The Labute approximate surface area is 600 Å². The lowest BCUT2D eigenvalue weighted by molar-refractivity contribution is -0.161. The lowest BCUT2D eigenvalue weighted by atomic mass is 9.99. The molecule has 0 radical (unpaired) electrons. The summed E-state index contributed by atoms with van der Waals surface area (Å²) in [5, 5.41) is 10.6. The van der Waals surface area contributed by atoms with Gasteiger partial charge in [-0.05, 0) is 49.4 Å². The van der Waals surface area contributed by atoms with E-state index >= 15 is 0 Å². The Morgan fingerprint density at radius 3 is 0.724 bits per heavy atom. The standard InChI is InChI=1S/C79H154O17P2/c1-9-72(8)58-50-42-34-26-22-23-27-35-43-51-59-76(81)89-65-74(95-78(83)61-53-45-36-28-20-15-13-11-10-12-14-18-24-31-39-47-55-69(2)3)67-93-97(85,86)91-63-73(80)64-92-98(87,88)94-68-75(66-90-77(82)60-52-44-38-30-33-41-49-57-71(6)7)96-79(84)62-54-46-37-29-21-17-16-19-25-32-40-48-56-70(4)5/h69-75,80H,9-68H2,1-8H3,(H,85,86)(H,87,88)/t72?,73?,74-,75-/m1/s1. The molecule has 0 aliphatic rings. The molecule has 0 aromatic rings. The normalized spacial score (nSPS) is 14.3. The second kappa shape index (κ2) is 68.2. The smallest absolute Gasteiger partial charge is 0.462 e. The SMILES string of the molecule is CCC(C)CCCCCCCCCCCCC(=O)OC[C@H](COP(=O)(O)OCC(O)COP(=O)(O)OC[C@@H](COC(=O)CCCCCCCCCC(C)C)OC(=O)CCCCCCCCCCCCCCC(C)C)OC(=O)CCCCCCCCCCCCCCCCCCC(C)C. The van der Waals surface area contributed by atoms with Gasteiger partial charge in [0.2, 0.25) is 0 Å². The third kappa shape index (κ3) is 71.1. The predicted molar refractivity (Wildman–Crippen MR) is 400 cm³/mol. The van der Waals surface area contributed by atoms with Crippen LogP contribution in [0.3, 0.4) is 0 Å². The quantitative estimate of drug-likeness (QED) is 0.0222. The van der Waals surface area contributed by atoms with Crippen LogP contribution in [0.2, 0.25) is 0 Å². The summed E-state index contributed by atoms with van der Waals surface area (Å²) in [5.41, 5.74) is 0. The Balaban J connectivity index is 5.25. The van der Waals surface area contributed by atoms with Gasteiger partial charge in [-0.2, -0.15) is 0 Å². The van der Waals surface area contributed by atoms with Crippen LogP contribution < -0.4 is 0 Å². The number of aliphatic hydroxyl groups excluding tert-OH is 1. The van der Waals surface area contributed by atoms with Gasteiger partial charge in [0, 0.05) is 25.7 Å². The maximum atomic E-state index is 13.1. The van der Waals surface area contributed by atoms with E-state index in [1.54, 1.807) is 0 Å². The molecule has 0 fully saturated rings. The van der Waals surface area contributed by atoms with E-state index in [-0.39, 0.29) is 25.7 Å². The van der Waals surface area contributed by atoms with Crippen LogP contribution in [0.4, 0.5) is 0 Å². The highest BCUT2D eigenvalue weighted by Crippen LogP contribution is 2.45. The van der Waals surface area contributed by atoms with Crippen molar-refractivity contribution in [1.29, 1.82) is 0 Å². The summed E-state index contributed by atoms with van der Waals surface area (Å²) in [6.07, 6.45) is 54.1. The summed E-state index contributed by atoms with van der Waals surface area (Å²) < 4.78 is 68.6. The van der Waals surface area contributed by atoms with Crippen molar-refractivity contribution in [2.24, 2.45) is 23.7 Å². The zero-order chi connectivity index (χ0) is 72.4. The Bertz CT molecular complexity index is 1920. The van der Waals surface area contributed by atoms with Gasteiger partial charge in [0.15, 0.2) is 12.2 Å². The number of carbonyl (C=O) groups is 4. The van der Waals surface area contributed by atoms with E-state index in [1.165, 1.54) is 199 Å². The van der Waals surface area contributed by atoms with Crippen molar-refractivity contribution in [3.05, 3.63) is 0 Å². The Morgan fingerprint density at radius 2 is 0.490 bits per heavy atom. The third-order valence-corrected chi connectivity index (χ3v) is 20.6. The average Bonchev–Trinajstić information content (AvgIpc) is 1.04. The molecule has 0 spiro atoms. The molecule has 6 atom stereocenters. The van der Waals surface area contributed by atoms with Gasteiger partial charge >= 0.3 is 39.5 Å². The maximum absolute atomic E-state index is 13.1. The van der Waals surface area contributed by atoms with E-state index < -0.39 is 97.5 Å². The minimum Gasteiger partial charge on any atom is -0.462 e. The third-order valence-electron chi connectivity index (χ3n) is 18.7. The monoisotopic (exact) mass is 1440 g/mol. The molecule has 0 aliphatic heterocycles. The number of hydrogen-bond acceptors (Lipinski definition) is 15. The van der Waals surface area contributed by atoms with Crippen molar-refractivity contribution < 1.29 is 80.2 Å². The topological polar surface area (TPSA) is 237 Å². The first kappa shape index (κ1) is 96.1. The number of carbonyl (C=O) groups excluding carboxylic acids is 4. The zero-order valence-electron chi connectivity index (χ0n) is 64.4. The number of unbranched alkanes of at least 4 members (excludes halogenated alkanes) is 41. The fourth-order valence-corrected chi connectivity index (χ4v) is 13.6. The van der Waals surface area contributed by atoms with Crippen LogP contribution in [0.15, 0.2) is 0 Å². The van der Waals surface area contributed by atoms with Crippen LogP contribution >= 0.6 is 15.6 Å². The molecule has 3 N–H and O–H groups in total. The Kier molecular flexibility index (Phi) is 66.8. The highest BCUT2D eigenvalue weighted by atomic mass is 31.2. The van der Waals surface area contributed by atoms with Gasteiger partial charge in [0.25, 0.3) is 0 Å². The first-order valence-corrected chi connectivity index (χ1v) is 43.7. The van der Waals surface area contributed by atoms with Gasteiger partial charge in [-0.3, -0.25) is 37.3 Å². The van der Waals surface area contributed by atoms with Crippen LogP contribution in [0.1, 0.15) is 402 Å². The molecule has 582 valence electrons. The van der Waals surface area contributed by atoms with Gasteiger partial charge in [-0.25, -0.2) is 9.13 Å². The molecule has 17 nitrogen and oxygen atoms in total. The van der Waals surface area contributed by atoms with Crippen LogP contribution in [0.25, 0.3) is 0 Å². The molecular weight excluding hydrogens is 1280 g/mol. The number of aliphatic hydroxyl groups is 1. The number of phosphoric ester groups is 2. The second-order valence-corrected chi connectivity index (χ2v) is 33.0. The van der Waals surface area contributed by atoms with Crippen molar-refractivity contribution in [3.63, 3.8) is 0 Å². The molecule has 0 bridgehead atoms. The molecule has 0 rings (SSSR count). The summed E-state index contributed by atoms with van der Waals surface area (Å²) in [6, 6.07) is 0. The molecule has 19 heteroatoms. The molecule has 0 aromatic heterocycles. The summed E-state index contributed by atoms with van der Waals surface area (Å²) in [6.45, 7) is 14.2. The largest absolute Gasteiger partial charge is 0.472 e. The molecule has 4 unspecified atom stereocenters. The summed E-state index contributed by atoms with van der Waals surface area (Å²) in [5.74, 6) is 0.983. The van der Waals surface area contributed by atoms with E-state index in [4.69, 9.17) is 37.0 Å². The van der Waals surface area contributed by atoms with Gasteiger partial charge in [0.05, 0.1) is 26.4 Å². The fraction of sp³-hybridized carbons (Fsp3) is 0.949. The fourth-order valence-electron chi connectivity index (χ4n) is 12.0. The first-order chi connectivity index (χ1) is 47.1. The van der Waals surface area contributed by atoms with Crippen LogP contribution in [-0.4, -0.2) is 96.7 Å². The molecular formula is C79H154O17P2. The first-order valence-electron chi connectivity index (χ1n) is 40.7. The number of ether oxygens (including phenoxy) is 4. The van der Waals surface area contributed by atoms with Crippen molar-refractivity contribution in [2.45, 2.75) is 420 Å². The van der Waals surface area contributed by atoms with Gasteiger partial charge in [-0.15, -0.1) is 0 Å². The van der Waals surface area contributed by atoms with E-state index in [1.807, 2.05) is 0 Å². The van der Waals surface area contributed by atoms with E-state index in [2.05, 4.69) is 55.4 Å². The van der Waals surface area contributed by atoms with Crippen molar-refractivity contribution in [1.82, 2.24) is 0 Å².